The van der Waals surface area contributed by atoms with Crippen molar-refractivity contribution in [3.63, 3.8) is 0 Å². The standard InChI is InChI=1S/C20H23N5O2/c1-15-13-17(19(27)24-11-9-23(14-26)10-12-24)22-20(21-15)25-8-4-6-16-5-2-3-7-18(16)25/h2-3,5,7,13-14H,4,6,8-12H2,1H3. The van der Waals surface area contributed by atoms with Gasteiger partial charge in [0.2, 0.25) is 12.4 Å². The normalized spacial score (nSPS) is 16.9. The van der Waals surface area contributed by atoms with E-state index in [1.807, 2.05) is 19.1 Å². The average molecular weight is 365 g/mol. The first kappa shape index (κ1) is 17.5. The zero-order valence-corrected chi connectivity index (χ0v) is 15.5. The lowest BCUT2D eigenvalue weighted by Crippen LogP contribution is -2.48. The smallest absolute Gasteiger partial charge is 0.272 e. The van der Waals surface area contributed by atoms with Crippen molar-refractivity contribution in [3.05, 3.63) is 47.3 Å². The fraction of sp³-hybridized carbons (Fsp3) is 0.400. The Morgan fingerprint density at radius 3 is 2.63 bits per heavy atom. The molecule has 1 aromatic carbocycles. The number of para-hydroxylation sites is 1. The molecule has 0 bridgehead atoms. The maximum atomic E-state index is 12.9. The number of piperazine rings is 1. The summed E-state index contributed by atoms with van der Waals surface area (Å²) in [5.41, 5.74) is 3.59. The van der Waals surface area contributed by atoms with Gasteiger partial charge in [-0.2, -0.15) is 0 Å². The number of rotatable bonds is 3. The second-order valence-corrected chi connectivity index (χ2v) is 7.01. The lowest BCUT2D eigenvalue weighted by Gasteiger charge is -2.33. The van der Waals surface area contributed by atoms with E-state index in [0.29, 0.717) is 37.8 Å². The fourth-order valence-electron chi connectivity index (χ4n) is 3.72. The maximum absolute atomic E-state index is 12.9. The van der Waals surface area contributed by atoms with Gasteiger partial charge in [-0.25, -0.2) is 9.97 Å². The lowest BCUT2D eigenvalue weighted by atomic mass is 10.0. The highest BCUT2D eigenvalue weighted by Gasteiger charge is 2.25. The van der Waals surface area contributed by atoms with Crippen LogP contribution in [0.2, 0.25) is 0 Å². The van der Waals surface area contributed by atoms with Crippen LogP contribution in [0.4, 0.5) is 11.6 Å². The number of benzene rings is 1. The molecule has 2 amide bonds. The van der Waals surface area contributed by atoms with E-state index >= 15 is 0 Å². The number of aromatic nitrogens is 2. The highest BCUT2D eigenvalue weighted by molar-refractivity contribution is 5.93. The Labute approximate surface area is 158 Å². The van der Waals surface area contributed by atoms with Crippen LogP contribution in [0.25, 0.3) is 0 Å². The van der Waals surface area contributed by atoms with E-state index < -0.39 is 0 Å². The summed E-state index contributed by atoms with van der Waals surface area (Å²) < 4.78 is 0. The molecule has 2 aliphatic rings. The second-order valence-electron chi connectivity index (χ2n) is 7.01. The van der Waals surface area contributed by atoms with Crippen LogP contribution >= 0.6 is 0 Å². The lowest BCUT2D eigenvalue weighted by molar-refractivity contribution is -0.119. The first-order chi connectivity index (χ1) is 13.2. The highest BCUT2D eigenvalue weighted by Crippen LogP contribution is 2.31. The van der Waals surface area contributed by atoms with Crippen LogP contribution in [0.15, 0.2) is 30.3 Å². The zero-order chi connectivity index (χ0) is 18.8. The van der Waals surface area contributed by atoms with E-state index in [1.54, 1.807) is 15.9 Å². The predicted molar refractivity (Wildman–Crippen MR) is 102 cm³/mol. The van der Waals surface area contributed by atoms with Gasteiger partial charge in [0, 0.05) is 44.1 Å². The average Bonchev–Trinajstić information content (AvgIpc) is 2.72. The van der Waals surface area contributed by atoms with Crippen LogP contribution < -0.4 is 4.90 Å². The van der Waals surface area contributed by atoms with Gasteiger partial charge < -0.3 is 14.7 Å². The van der Waals surface area contributed by atoms with Crippen molar-refractivity contribution >= 4 is 24.0 Å². The minimum absolute atomic E-state index is 0.0995. The van der Waals surface area contributed by atoms with Crippen LogP contribution in [0.3, 0.4) is 0 Å². The number of carbonyl (C=O) groups is 2. The van der Waals surface area contributed by atoms with Gasteiger partial charge in [-0.05, 0) is 37.5 Å². The van der Waals surface area contributed by atoms with E-state index in [2.05, 4.69) is 27.0 Å². The van der Waals surface area contributed by atoms with Crippen LogP contribution in [0.1, 0.15) is 28.2 Å². The van der Waals surface area contributed by atoms with Gasteiger partial charge in [-0.15, -0.1) is 0 Å². The summed E-state index contributed by atoms with van der Waals surface area (Å²) in [5.74, 6) is 0.481. The minimum Gasteiger partial charge on any atom is -0.342 e. The summed E-state index contributed by atoms with van der Waals surface area (Å²) in [6.07, 6.45) is 2.92. The van der Waals surface area contributed by atoms with Gasteiger partial charge >= 0.3 is 0 Å². The van der Waals surface area contributed by atoms with Gasteiger partial charge in [-0.1, -0.05) is 18.2 Å². The van der Waals surface area contributed by atoms with E-state index in [9.17, 15) is 9.59 Å². The summed E-state index contributed by atoms with van der Waals surface area (Å²) in [6, 6.07) is 10.0. The molecule has 1 saturated heterocycles. The van der Waals surface area contributed by atoms with Crippen molar-refractivity contribution in [2.24, 2.45) is 0 Å². The van der Waals surface area contributed by atoms with Crippen molar-refractivity contribution in [1.29, 1.82) is 0 Å². The number of fused-ring (bicyclic) bond motifs is 1. The van der Waals surface area contributed by atoms with E-state index in [4.69, 9.17) is 0 Å². The SMILES string of the molecule is Cc1cc(C(=O)N2CCN(C=O)CC2)nc(N2CCCc3ccccc32)n1. The molecule has 0 N–H and O–H groups in total. The van der Waals surface area contributed by atoms with E-state index in [0.717, 1.165) is 37.2 Å². The van der Waals surface area contributed by atoms with Gasteiger partial charge in [-0.3, -0.25) is 9.59 Å². The Morgan fingerprint density at radius 2 is 1.85 bits per heavy atom. The van der Waals surface area contributed by atoms with Gasteiger partial charge in [0.25, 0.3) is 5.91 Å². The van der Waals surface area contributed by atoms with Crippen molar-refractivity contribution in [2.45, 2.75) is 19.8 Å². The third-order valence-electron chi connectivity index (χ3n) is 5.16. The molecule has 1 fully saturated rings. The third-order valence-corrected chi connectivity index (χ3v) is 5.16. The fourth-order valence-corrected chi connectivity index (χ4v) is 3.72. The molecule has 140 valence electrons. The van der Waals surface area contributed by atoms with E-state index in [-0.39, 0.29) is 5.91 Å². The van der Waals surface area contributed by atoms with Crippen molar-refractivity contribution in [3.8, 4) is 0 Å². The molecule has 0 saturated carbocycles. The molecule has 2 aromatic rings. The van der Waals surface area contributed by atoms with Gasteiger partial charge in [0.1, 0.15) is 5.69 Å². The molecule has 0 aliphatic carbocycles. The number of nitrogens with zero attached hydrogens (tertiary/aromatic N) is 5. The van der Waals surface area contributed by atoms with Gasteiger partial charge in [0.05, 0.1) is 0 Å². The summed E-state index contributed by atoms with van der Waals surface area (Å²) >= 11 is 0. The maximum Gasteiger partial charge on any atom is 0.272 e. The predicted octanol–water partition coefficient (Wildman–Crippen LogP) is 1.78. The molecule has 0 radical (unpaired) electrons. The zero-order valence-electron chi connectivity index (χ0n) is 15.5. The second kappa shape index (κ2) is 7.34. The molecule has 0 unspecified atom stereocenters. The third kappa shape index (κ3) is 3.49. The van der Waals surface area contributed by atoms with Crippen LogP contribution in [0, 0.1) is 6.92 Å². The molecule has 0 atom stereocenters. The van der Waals surface area contributed by atoms with Crippen molar-refractivity contribution in [2.75, 3.05) is 37.6 Å². The Bertz CT molecular complexity index is 861. The molecular weight excluding hydrogens is 342 g/mol. The Balaban J connectivity index is 1.61. The molecule has 0 spiro atoms. The minimum atomic E-state index is -0.0995. The molecule has 27 heavy (non-hydrogen) atoms. The molecule has 7 nitrogen and oxygen atoms in total. The molecule has 3 heterocycles. The summed E-state index contributed by atoms with van der Waals surface area (Å²) in [6.45, 7) is 4.91. The van der Waals surface area contributed by atoms with Crippen molar-refractivity contribution in [1.82, 2.24) is 19.8 Å². The van der Waals surface area contributed by atoms with Gasteiger partial charge in [0.15, 0.2) is 0 Å². The molecular formula is C20H23N5O2. The number of anilines is 2. The number of hydrogen-bond acceptors (Lipinski definition) is 5. The molecule has 1 aromatic heterocycles. The highest BCUT2D eigenvalue weighted by atomic mass is 16.2. The largest absolute Gasteiger partial charge is 0.342 e. The monoisotopic (exact) mass is 365 g/mol. The first-order valence-electron chi connectivity index (χ1n) is 9.35. The van der Waals surface area contributed by atoms with E-state index in [1.165, 1.54) is 5.56 Å². The summed E-state index contributed by atoms with van der Waals surface area (Å²) in [4.78, 5) is 38.6. The van der Waals surface area contributed by atoms with Crippen LogP contribution in [0.5, 0.6) is 0 Å². The molecule has 7 heteroatoms. The summed E-state index contributed by atoms with van der Waals surface area (Å²) in [7, 11) is 0. The molecule has 2 aliphatic heterocycles. The topological polar surface area (TPSA) is 69.6 Å². The quantitative estimate of drug-likeness (QED) is 0.776. The summed E-state index contributed by atoms with van der Waals surface area (Å²) in [5, 5.41) is 0. The first-order valence-corrected chi connectivity index (χ1v) is 9.35. The number of hydrogen-bond donors (Lipinski definition) is 0. The number of aryl methyl sites for hydroxylation is 2. The van der Waals surface area contributed by atoms with Crippen LogP contribution in [-0.2, 0) is 11.2 Å². The number of carbonyl (C=O) groups excluding carboxylic acids is 2. The van der Waals surface area contributed by atoms with Crippen LogP contribution in [-0.4, -0.2) is 64.8 Å². The Morgan fingerprint density at radius 1 is 1.07 bits per heavy atom. The molecule has 4 rings (SSSR count). The number of amides is 2. The Kier molecular flexibility index (Phi) is 4.75. The van der Waals surface area contributed by atoms with Crippen molar-refractivity contribution < 1.29 is 9.59 Å². The Hall–Kier alpha value is -2.96.